The van der Waals surface area contributed by atoms with Crippen molar-refractivity contribution < 1.29 is 5.11 Å². The molecule has 88 valence electrons. The maximum absolute atomic E-state index is 10.0. The number of nitrogen functional groups attached to an aromatic ring is 1. The van der Waals surface area contributed by atoms with Gasteiger partial charge in [0.25, 0.3) is 0 Å². The first-order valence-electron chi connectivity index (χ1n) is 5.80. The summed E-state index contributed by atoms with van der Waals surface area (Å²) in [6, 6.07) is 5.57. The lowest BCUT2D eigenvalue weighted by Gasteiger charge is -2.08. The fourth-order valence-electron chi connectivity index (χ4n) is 2.54. The van der Waals surface area contributed by atoms with Gasteiger partial charge in [-0.15, -0.1) is 0 Å². The molecule has 4 heteroatoms. The fraction of sp³-hybridized carbons (Fsp3) is 0.308. The van der Waals surface area contributed by atoms with Crippen molar-refractivity contribution in [3.05, 3.63) is 29.3 Å². The maximum Gasteiger partial charge on any atom is 0.125 e. The number of hydrogen-bond acceptors (Lipinski definition) is 3. The average Bonchev–Trinajstić information content (AvgIpc) is 2.86. The summed E-state index contributed by atoms with van der Waals surface area (Å²) in [6.07, 6.45) is 3.24. The van der Waals surface area contributed by atoms with Crippen LogP contribution in [0, 0.1) is 0 Å². The van der Waals surface area contributed by atoms with Gasteiger partial charge in [0.2, 0.25) is 0 Å². The quantitative estimate of drug-likeness (QED) is 0.784. The molecule has 3 N–H and O–H groups in total. The van der Waals surface area contributed by atoms with Crippen molar-refractivity contribution in [1.29, 1.82) is 0 Å². The first-order valence-corrected chi connectivity index (χ1v) is 5.80. The molecule has 1 aliphatic carbocycles. The smallest absolute Gasteiger partial charge is 0.125 e. The lowest BCUT2D eigenvalue weighted by molar-refractivity contribution is 0.476. The molecule has 0 aliphatic heterocycles. The van der Waals surface area contributed by atoms with E-state index in [1.807, 2.05) is 12.1 Å². The van der Waals surface area contributed by atoms with E-state index in [0.29, 0.717) is 11.6 Å². The van der Waals surface area contributed by atoms with Crippen molar-refractivity contribution in [2.75, 3.05) is 5.73 Å². The Hall–Kier alpha value is -1.97. The molecule has 4 nitrogen and oxygen atoms in total. The van der Waals surface area contributed by atoms with Gasteiger partial charge < -0.3 is 10.8 Å². The first-order chi connectivity index (χ1) is 8.16. The number of nitrogens with zero attached hydrogens (tertiary/aromatic N) is 2. The molecule has 0 saturated carbocycles. The predicted molar refractivity (Wildman–Crippen MR) is 66.7 cm³/mol. The Morgan fingerprint density at radius 2 is 2.18 bits per heavy atom. The molecule has 17 heavy (non-hydrogen) atoms. The highest BCUT2D eigenvalue weighted by molar-refractivity contribution is 5.74. The van der Waals surface area contributed by atoms with E-state index in [1.165, 1.54) is 11.1 Å². The van der Waals surface area contributed by atoms with Crippen LogP contribution in [0.5, 0.6) is 5.75 Å². The van der Waals surface area contributed by atoms with Gasteiger partial charge >= 0.3 is 0 Å². The Balaban J connectivity index is 2.23. The standard InChI is InChI=1S/C13H15N3O/c1-16-12(14)7-10(15-16)13-9-4-2-3-8(9)5-6-11(13)17/h5-7,17H,2-4,14H2,1H3. The second kappa shape index (κ2) is 3.52. The van der Waals surface area contributed by atoms with E-state index in [1.54, 1.807) is 17.8 Å². The highest BCUT2D eigenvalue weighted by atomic mass is 16.3. The lowest BCUT2D eigenvalue weighted by atomic mass is 10.00. The fourth-order valence-corrected chi connectivity index (χ4v) is 2.54. The first kappa shape index (κ1) is 10.2. The van der Waals surface area contributed by atoms with E-state index >= 15 is 0 Å². The zero-order valence-corrected chi connectivity index (χ0v) is 9.77. The van der Waals surface area contributed by atoms with Gasteiger partial charge in [-0.3, -0.25) is 4.68 Å². The van der Waals surface area contributed by atoms with E-state index in [4.69, 9.17) is 5.73 Å². The number of anilines is 1. The Morgan fingerprint density at radius 3 is 2.88 bits per heavy atom. The third kappa shape index (κ3) is 1.48. The summed E-state index contributed by atoms with van der Waals surface area (Å²) in [5.41, 5.74) is 9.96. The SMILES string of the molecule is Cn1nc(-c2c(O)ccc3c2CCC3)cc1N. The van der Waals surface area contributed by atoms with Crippen LogP contribution in [0.1, 0.15) is 17.5 Å². The summed E-state index contributed by atoms with van der Waals surface area (Å²) in [4.78, 5) is 0. The van der Waals surface area contributed by atoms with E-state index in [0.717, 1.165) is 30.5 Å². The Labute approximate surface area is 99.7 Å². The molecule has 1 aromatic carbocycles. The van der Waals surface area contributed by atoms with Crippen molar-refractivity contribution in [3.8, 4) is 17.0 Å². The summed E-state index contributed by atoms with van der Waals surface area (Å²) in [5, 5.41) is 14.4. The van der Waals surface area contributed by atoms with E-state index < -0.39 is 0 Å². The largest absolute Gasteiger partial charge is 0.507 e. The van der Waals surface area contributed by atoms with Gasteiger partial charge in [0.1, 0.15) is 11.6 Å². The third-order valence-electron chi connectivity index (χ3n) is 3.43. The van der Waals surface area contributed by atoms with Gasteiger partial charge in [0.15, 0.2) is 0 Å². The number of phenolic OH excluding ortho intramolecular Hbond substituents is 1. The minimum atomic E-state index is 0.295. The molecule has 3 rings (SSSR count). The number of rotatable bonds is 1. The normalized spacial score (nSPS) is 13.9. The van der Waals surface area contributed by atoms with Crippen molar-refractivity contribution in [2.24, 2.45) is 7.05 Å². The molecule has 1 aliphatic rings. The highest BCUT2D eigenvalue weighted by Crippen LogP contribution is 2.38. The van der Waals surface area contributed by atoms with Crippen LogP contribution in [0.15, 0.2) is 18.2 Å². The van der Waals surface area contributed by atoms with Crippen molar-refractivity contribution in [3.63, 3.8) is 0 Å². The Kier molecular flexibility index (Phi) is 2.11. The van der Waals surface area contributed by atoms with Crippen LogP contribution < -0.4 is 5.73 Å². The zero-order chi connectivity index (χ0) is 12.0. The van der Waals surface area contributed by atoms with Gasteiger partial charge in [0, 0.05) is 18.7 Å². The highest BCUT2D eigenvalue weighted by Gasteiger charge is 2.20. The molecule has 0 bridgehead atoms. The molecule has 1 aromatic heterocycles. The van der Waals surface area contributed by atoms with Crippen LogP contribution in [0.4, 0.5) is 5.82 Å². The second-order valence-electron chi connectivity index (χ2n) is 4.53. The third-order valence-corrected chi connectivity index (χ3v) is 3.43. The number of phenols is 1. The van der Waals surface area contributed by atoms with Crippen LogP contribution in [-0.2, 0) is 19.9 Å². The number of fused-ring (bicyclic) bond motifs is 1. The van der Waals surface area contributed by atoms with Crippen LogP contribution in [0.25, 0.3) is 11.3 Å². The van der Waals surface area contributed by atoms with Crippen molar-refractivity contribution in [1.82, 2.24) is 9.78 Å². The van der Waals surface area contributed by atoms with Gasteiger partial charge in [-0.1, -0.05) is 6.07 Å². The minimum absolute atomic E-state index is 0.295. The van der Waals surface area contributed by atoms with Gasteiger partial charge in [-0.25, -0.2) is 0 Å². The second-order valence-corrected chi connectivity index (χ2v) is 4.53. The van der Waals surface area contributed by atoms with Gasteiger partial charge in [-0.2, -0.15) is 5.10 Å². The van der Waals surface area contributed by atoms with Crippen LogP contribution >= 0.6 is 0 Å². The predicted octanol–water partition coefficient (Wildman–Crippen LogP) is 1.86. The Bertz CT molecular complexity index is 567. The summed E-state index contributed by atoms with van der Waals surface area (Å²) in [6.45, 7) is 0. The number of aromatic hydroxyl groups is 1. The van der Waals surface area contributed by atoms with Gasteiger partial charge in [-0.05, 0) is 36.5 Å². The van der Waals surface area contributed by atoms with E-state index in [2.05, 4.69) is 5.10 Å². The van der Waals surface area contributed by atoms with Gasteiger partial charge in [0.05, 0.1) is 5.69 Å². The molecule has 0 amide bonds. The topological polar surface area (TPSA) is 64.1 Å². The molecular formula is C13H15N3O. The molecule has 0 atom stereocenters. The van der Waals surface area contributed by atoms with Crippen LogP contribution in [0.3, 0.4) is 0 Å². The number of aromatic nitrogens is 2. The number of hydrogen-bond donors (Lipinski definition) is 2. The molecule has 2 aromatic rings. The molecule has 0 radical (unpaired) electrons. The molecular weight excluding hydrogens is 214 g/mol. The van der Waals surface area contributed by atoms with Crippen LogP contribution in [0.2, 0.25) is 0 Å². The molecule has 0 saturated heterocycles. The summed E-state index contributed by atoms with van der Waals surface area (Å²) < 4.78 is 1.63. The zero-order valence-electron chi connectivity index (χ0n) is 9.77. The monoisotopic (exact) mass is 229 g/mol. The van der Waals surface area contributed by atoms with Crippen molar-refractivity contribution in [2.45, 2.75) is 19.3 Å². The van der Waals surface area contributed by atoms with E-state index in [9.17, 15) is 5.11 Å². The molecule has 0 unspecified atom stereocenters. The summed E-state index contributed by atoms with van der Waals surface area (Å²) >= 11 is 0. The van der Waals surface area contributed by atoms with Crippen molar-refractivity contribution >= 4 is 5.82 Å². The molecule has 1 heterocycles. The summed E-state index contributed by atoms with van der Waals surface area (Å²) in [5.74, 6) is 0.902. The number of aryl methyl sites for hydroxylation is 2. The average molecular weight is 229 g/mol. The maximum atomic E-state index is 10.0. The summed E-state index contributed by atoms with van der Waals surface area (Å²) in [7, 11) is 1.80. The molecule has 0 spiro atoms. The van der Waals surface area contributed by atoms with Crippen LogP contribution in [-0.4, -0.2) is 14.9 Å². The molecule has 0 fully saturated rings. The van der Waals surface area contributed by atoms with E-state index in [-0.39, 0.29) is 0 Å². The number of nitrogens with two attached hydrogens (primary N) is 1. The minimum Gasteiger partial charge on any atom is -0.507 e. The number of benzene rings is 1. The lowest BCUT2D eigenvalue weighted by Crippen LogP contribution is -1.97. The Morgan fingerprint density at radius 1 is 1.35 bits per heavy atom.